The minimum Gasteiger partial charge on any atom is -0.508 e. The van der Waals surface area contributed by atoms with Crippen LogP contribution in [0.1, 0.15) is 46.6 Å². The number of aromatic hydroxyl groups is 1. The Kier molecular flexibility index (Phi) is 11.5. The summed E-state index contributed by atoms with van der Waals surface area (Å²) in [5.74, 6) is -2.93. The average Bonchev–Trinajstić information content (AvgIpc) is 3.33. The Morgan fingerprint density at radius 3 is 2.31 bits per heavy atom. The number of carboxylic acid groups (broad SMARTS) is 1. The highest BCUT2D eigenvalue weighted by atomic mass is 35.5. The maximum Gasteiger partial charge on any atom is 0.325 e. The summed E-state index contributed by atoms with van der Waals surface area (Å²) < 4.78 is 6.94. The van der Waals surface area contributed by atoms with Gasteiger partial charge in [-0.15, -0.1) is 0 Å². The van der Waals surface area contributed by atoms with Crippen molar-refractivity contribution in [3.63, 3.8) is 0 Å². The monoisotopic (exact) mass is 676 g/mol. The normalized spacial score (nSPS) is 12.2. The Labute approximate surface area is 282 Å². The number of nitrogens with zero attached hydrogens (tertiary/aromatic N) is 1. The van der Waals surface area contributed by atoms with Crippen molar-refractivity contribution in [2.24, 2.45) is 0 Å². The highest BCUT2D eigenvalue weighted by molar-refractivity contribution is 6.31. The second-order valence-electron chi connectivity index (χ2n) is 11.3. The molecule has 0 spiro atoms. The van der Waals surface area contributed by atoms with Gasteiger partial charge in [-0.1, -0.05) is 30.7 Å². The Morgan fingerprint density at radius 2 is 1.67 bits per heavy atom. The van der Waals surface area contributed by atoms with Crippen molar-refractivity contribution in [3.05, 3.63) is 93.6 Å². The number of rotatable bonds is 13. The van der Waals surface area contributed by atoms with Crippen LogP contribution in [-0.2, 0) is 38.4 Å². The van der Waals surface area contributed by atoms with Gasteiger partial charge in [-0.3, -0.25) is 28.5 Å². The molecule has 2 atom stereocenters. The minimum atomic E-state index is -1.25. The van der Waals surface area contributed by atoms with Gasteiger partial charge in [0.15, 0.2) is 0 Å². The van der Waals surface area contributed by atoms with Crippen LogP contribution >= 0.6 is 11.6 Å². The smallest absolute Gasteiger partial charge is 0.325 e. The molecule has 1 aromatic heterocycles. The molecule has 252 valence electrons. The average molecular weight is 677 g/mol. The van der Waals surface area contributed by atoms with Crippen molar-refractivity contribution >= 4 is 52.1 Å². The molecule has 4 rings (SSSR count). The van der Waals surface area contributed by atoms with E-state index < -0.39 is 42.3 Å². The fourth-order valence-electron chi connectivity index (χ4n) is 5.28. The van der Waals surface area contributed by atoms with Gasteiger partial charge >= 0.3 is 5.97 Å². The number of fused-ring (bicyclic) bond motifs is 1. The third-order valence-electron chi connectivity index (χ3n) is 7.96. The molecule has 5 N–H and O–H groups in total. The topological polar surface area (TPSA) is 176 Å². The van der Waals surface area contributed by atoms with E-state index in [0.717, 1.165) is 5.56 Å². The number of carboxylic acids is 1. The summed E-state index contributed by atoms with van der Waals surface area (Å²) in [5.41, 5.74) is 3.53. The number of phenolic OH excluding ortho intramolecular Hbond substituents is 1. The van der Waals surface area contributed by atoms with Gasteiger partial charge in [-0.05, 0) is 85.5 Å². The molecule has 0 fully saturated rings. The first-order chi connectivity index (χ1) is 22.8. The lowest BCUT2D eigenvalue weighted by molar-refractivity contribution is -0.141. The van der Waals surface area contributed by atoms with Crippen LogP contribution in [0.5, 0.6) is 11.5 Å². The van der Waals surface area contributed by atoms with Crippen molar-refractivity contribution < 1.29 is 38.9 Å². The van der Waals surface area contributed by atoms with Gasteiger partial charge in [0, 0.05) is 28.1 Å². The number of amides is 3. The molecule has 4 aromatic rings. The van der Waals surface area contributed by atoms with E-state index >= 15 is 0 Å². The van der Waals surface area contributed by atoms with E-state index in [1.165, 1.54) is 30.7 Å². The van der Waals surface area contributed by atoms with Crippen molar-refractivity contribution in [3.8, 4) is 11.5 Å². The molecule has 12 nitrogen and oxygen atoms in total. The highest BCUT2D eigenvalue weighted by Gasteiger charge is 2.26. The molecule has 0 saturated carbocycles. The van der Waals surface area contributed by atoms with E-state index in [-0.39, 0.29) is 24.5 Å². The fraction of sp³-hybridized carbons (Fsp3) is 0.286. The highest BCUT2D eigenvalue weighted by Crippen LogP contribution is 2.31. The lowest BCUT2D eigenvalue weighted by atomic mass is 10.0. The number of carbonyl (C=O) groups excluding carboxylic acids is 4. The van der Waals surface area contributed by atoms with E-state index in [2.05, 4.69) is 16.0 Å². The Hall–Kier alpha value is -5.36. The number of hydrogen-bond donors (Lipinski definition) is 5. The summed E-state index contributed by atoms with van der Waals surface area (Å²) in [6.45, 7) is 4.50. The maximum absolute atomic E-state index is 13.8. The Bertz CT molecular complexity index is 1870. The molecule has 48 heavy (non-hydrogen) atoms. The van der Waals surface area contributed by atoms with Crippen LogP contribution in [0, 0.1) is 6.92 Å². The van der Waals surface area contributed by atoms with Crippen LogP contribution in [0.3, 0.4) is 0 Å². The van der Waals surface area contributed by atoms with E-state index in [4.69, 9.17) is 16.3 Å². The van der Waals surface area contributed by atoms with Crippen LogP contribution < -0.4 is 20.7 Å². The quantitative estimate of drug-likeness (QED) is 0.143. The molecule has 3 amide bonds. The van der Waals surface area contributed by atoms with Crippen LogP contribution in [0.15, 0.2) is 60.7 Å². The van der Waals surface area contributed by atoms with Gasteiger partial charge < -0.3 is 30.9 Å². The van der Waals surface area contributed by atoms with Crippen LogP contribution in [0.4, 0.5) is 0 Å². The van der Waals surface area contributed by atoms with Gasteiger partial charge in [0.25, 0.3) is 5.91 Å². The first-order valence-corrected chi connectivity index (χ1v) is 15.6. The second-order valence-corrected chi connectivity index (χ2v) is 11.7. The zero-order valence-electron chi connectivity index (χ0n) is 26.9. The fourth-order valence-corrected chi connectivity index (χ4v) is 5.53. The zero-order valence-corrected chi connectivity index (χ0v) is 27.7. The van der Waals surface area contributed by atoms with E-state index in [1.54, 1.807) is 55.5 Å². The lowest BCUT2D eigenvalue weighted by Gasteiger charge is -2.20. The molecule has 13 heteroatoms. The van der Waals surface area contributed by atoms with Crippen molar-refractivity contribution in [1.29, 1.82) is 0 Å². The molecule has 0 aliphatic rings. The van der Waals surface area contributed by atoms with Gasteiger partial charge in [-0.25, -0.2) is 0 Å². The second kappa shape index (κ2) is 15.5. The zero-order chi connectivity index (χ0) is 35.1. The molecule has 1 unspecified atom stereocenters. The van der Waals surface area contributed by atoms with Crippen LogP contribution in [0.25, 0.3) is 10.9 Å². The predicted octanol–water partition coefficient (Wildman–Crippen LogP) is 3.54. The summed E-state index contributed by atoms with van der Waals surface area (Å²) in [5, 5.41) is 27.4. The number of aryl methyl sites for hydroxylation is 1. The number of hydrogen-bond acceptors (Lipinski definition) is 7. The van der Waals surface area contributed by atoms with Gasteiger partial charge in [0.2, 0.25) is 17.7 Å². The number of aromatic nitrogens is 1. The number of benzene rings is 3. The number of nitrogens with one attached hydrogen (secondary N) is 3. The van der Waals surface area contributed by atoms with Crippen molar-refractivity contribution in [1.82, 2.24) is 20.5 Å². The largest absolute Gasteiger partial charge is 0.508 e. The Balaban J connectivity index is 1.52. The molecule has 0 radical (unpaired) electrons. The first-order valence-electron chi connectivity index (χ1n) is 15.2. The van der Waals surface area contributed by atoms with Crippen molar-refractivity contribution in [2.75, 3.05) is 13.7 Å². The molecule has 0 bridgehead atoms. The SMILES string of the molecule is CCc1cc(C(=O)n2c(C)c(CC(=O)NCC(=O)N[C@@H](Cc3ccc(O)cc3)C(=O)NC(C)C(=O)O)c3cc(OC)ccc32)ccc1Cl. The molecular weight excluding hydrogens is 640 g/mol. The summed E-state index contributed by atoms with van der Waals surface area (Å²) in [6.07, 6.45) is 0.475. The predicted molar refractivity (Wildman–Crippen MR) is 179 cm³/mol. The third-order valence-corrected chi connectivity index (χ3v) is 8.33. The Morgan fingerprint density at radius 1 is 0.958 bits per heavy atom. The molecule has 3 aromatic carbocycles. The van der Waals surface area contributed by atoms with Crippen molar-refractivity contribution in [2.45, 2.75) is 52.1 Å². The van der Waals surface area contributed by atoms with Crippen LogP contribution in [0.2, 0.25) is 5.02 Å². The molecule has 0 aliphatic heterocycles. The maximum atomic E-state index is 13.8. The van der Waals surface area contributed by atoms with E-state index in [1.807, 2.05) is 6.92 Å². The number of ether oxygens (including phenoxy) is 1. The number of aliphatic carboxylic acids is 1. The third kappa shape index (κ3) is 8.31. The summed E-state index contributed by atoms with van der Waals surface area (Å²) in [7, 11) is 1.51. The van der Waals surface area contributed by atoms with E-state index in [9.17, 15) is 34.2 Å². The van der Waals surface area contributed by atoms with Gasteiger partial charge in [-0.2, -0.15) is 0 Å². The minimum absolute atomic E-state index is 0.0000681. The summed E-state index contributed by atoms with van der Waals surface area (Å²) in [6, 6.07) is 13.9. The molecule has 0 saturated heterocycles. The van der Waals surface area contributed by atoms with Gasteiger partial charge in [0.05, 0.1) is 25.6 Å². The lowest BCUT2D eigenvalue weighted by Crippen LogP contribution is -2.53. The molecular formula is C35H37ClN4O8. The van der Waals surface area contributed by atoms with E-state index in [0.29, 0.717) is 50.5 Å². The summed E-state index contributed by atoms with van der Waals surface area (Å²) in [4.78, 5) is 64.1. The van der Waals surface area contributed by atoms with Crippen LogP contribution in [-0.4, -0.2) is 70.1 Å². The number of carbonyl (C=O) groups is 5. The summed E-state index contributed by atoms with van der Waals surface area (Å²) >= 11 is 6.28. The number of phenols is 1. The van der Waals surface area contributed by atoms with Gasteiger partial charge in [0.1, 0.15) is 23.6 Å². The molecule has 1 heterocycles. The number of methoxy groups -OCH3 is 1. The number of halogens is 1. The molecule has 0 aliphatic carbocycles. The standard InChI is InChI=1S/C35H37ClN4O8/c1-5-22-15-23(8-12-28(22)36)34(45)40-20(3)26(27-16-25(48-4)11-13-30(27)40)17-31(42)37-18-32(43)39-29(33(44)38-19(2)35(46)47)14-21-6-9-24(41)10-7-21/h6-13,15-16,19,29,41H,5,14,17-18H2,1-4H3,(H,37,42)(H,38,44)(H,39,43)(H,46,47)/t19?,29-/m0/s1. The first kappa shape index (κ1) is 35.5.